The second-order valence-electron chi connectivity index (χ2n) is 3.90. The molecule has 4 heteroatoms. The number of ether oxygens (including phenoxy) is 1. The van der Waals surface area contributed by atoms with Crippen LogP contribution < -0.4 is 4.74 Å². The summed E-state index contributed by atoms with van der Waals surface area (Å²) < 4.78 is 6.56. The van der Waals surface area contributed by atoms with Gasteiger partial charge in [-0.05, 0) is 41.9 Å². The van der Waals surface area contributed by atoms with Gasteiger partial charge < -0.3 is 9.64 Å². The summed E-state index contributed by atoms with van der Waals surface area (Å²) in [4.78, 5) is 6.40. The first-order chi connectivity index (χ1) is 7.25. The van der Waals surface area contributed by atoms with Crippen molar-refractivity contribution in [2.45, 2.75) is 18.9 Å². The van der Waals surface area contributed by atoms with Crippen molar-refractivity contribution >= 4 is 15.9 Å². The molecule has 2 rings (SSSR count). The van der Waals surface area contributed by atoms with Gasteiger partial charge in [0.1, 0.15) is 12.4 Å². The smallest absolute Gasteiger partial charge is 0.138 e. The summed E-state index contributed by atoms with van der Waals surface area (Å²) in [5.41, 5.74) is 0. The Morgan fingerprint density at radius 2 is 2.33 bits per heavy atom. The average molecular weight is 271 g/mol. The third-order valence-corrected chi connectivity index (χ3v) is 3.00. The van der Waals surface area contributed by atoms with E-state index in [1.54, 1.807) is 12.4 Å². The van der Waals surface area contributed by atoms with Gasteiger partial charge in [-0.25, -0.2) is 0 Å². The van der Waals surface area contributed by atoms with Gasteiger partial charge in [0.25, 0.3) is 0 Å². The maximum absolute atomic E-state index is 5.60. The molecule has 0 aliphatic heterocycles. The Balaban J connectivity index is 1.73. The van der Waals surface area contributed by atoms with E-state index in [0.29, 0.717) is 0 Å². The SMILES string of the molecule is CN(CCOc1cncc(Br)c1)C1CC1. The lowest BCUT2D eigenvalue weighted by Crippen LogP contribution is -2.26. The average Bonchev–Trinajstić information content (AvgIpc) is 3.00. The van der Waals surface area contributed by atoms with Gasteiger partial charge in [0.05, 0.1) is 6.20 Å². The van der Waals surface area contributed by atoms with E-state index in [2.05, 4.69) is 32.9 Å². The van der Waals surface area contributed by atoms with Gasteiger partial charge in [0.2, 0.25) is 0 Å². The number of aromatic nitrogens is 1. The van der Waals surface area contributed by atoms with Crippen molar-refractivity contribution in [3.8, 4) is 5.75 Å². The first-order valence-corrected chi connectivity index (χ1v) is 5.98. The van der Waals surface area contributed by atoms with Crippen LogP contribution in [0.4, 0.5) is 0 Å². The van der Waals surface area contributed by atoms with Crippen molar-refractivity contribution in [1.82, 2.24) is 9.88 Å². The number of halogens is 1. The Bertz CT molecular complexity index is 328. The first-order valence-electron chi connectivity index (χ1n) is 5.19. The minimum absolute atomic E-state index is 0.727. The normalized spacial score (nSPS) is 15.7. The molecule has 0 amide bonds. The molecule has 15 heavy (non-hydrogen) atoms. The molecule has 0 atom stereocenters. The molecule has 0 radical (unpaired) electrons. The van der Waals surface area contributed by atoms with E-state index >= 15 is 0 Å². The summed E-state index contributed by atoms with van der Waals surface area (Å²) in [5, 5.41) is 0. The van der Waals surface area contributed by atoms with Crippen molar-refractivity contribution in [2.24, 2.45) is 0 Å². The Kier molecular flexibility index (Phi) is 3.59. The van der Waals surface area contributed by atoms with Crippen LogP contribution in [0.25, 0.3) is 0 Å². The maximum Gasteiger partial charge on any atom is 0.138 e. The highest BCUT2D eigenvalue weighted by Gasteiger charge is 2.25. The monoisotopic (exact) mass is 270 g/mol. The second-order valence-corrected chi connectivity index (χ2v) is 4.81. The van der Waals surface area contributed by atoms with Crippen molar-refractivity contribution in [3.05, 3.63) is 22.9 Å². The van der Waals surface area contributed by atoms with Crippen molar-refractivity contribution in [3.63, 3.8) is 0 Å². The van der Waals surface area contributed by atoms with Crippen molar-refractivity contribution in [1.29, 1.82) is 0 Å². The molecule has 1 aliphatic rings. The Hall–Kier alpha value is -0.610. The minimum Gasteiger partial charge on any atom is -0.491 e. The third-order valence-electron chi connectivity index (χ3n) is 2.56. The van der Waals surface area contributed by atoms with Crippen LogP contribution in [-0.4, -0.2) is 36.1 Å². The van der Waals surface area contributed by atoms with E-state index in [-0.39, 0.29) is 0 Å². The molecule has 0 saturated heterocycles. The van der Waals surface area contributed by atoms with Crippen LogP contribution in [0, 0.1) is 0 Å². The van der Waals surface area contributed by atoms with Gasteiger partial charge in [-0.15, -0.1) is 0 Å². The summed E-state index contributed by atoms with van der Waals surface area (Å²) in [6.07, 6.45) is 6.18. The summed E-state index contributed by atoms with van der Waals surface area (Å²) in [6, 6.07) is 2.73. The molecule has 0 unspecified atom stereocenters. The maximum atomic E-state index is 5.60. The molecule has 0 spiro atoms. The molecule has 0 N–H and O–H groups in total. The number of pyridine rings is 1. The molecule has 1 fully saturated rings. The van der Waals surface area contributed by atoms with Gasteiger partial charge in [-0.2, -0.15) is 0 Å². The van der Waals surface area contributed by atoms with Gasteiger partial charge in [-0.1, -0.05) is 0 Å². The molecular formula is C11H15BrN2O. The Morgan fingerprint density at radius 3 is 3.00 bits per heavy atom. The number of likely N-dealkylation sites (N-methyl/N-ethyl adjacent to an activating group) is 1. The van der Waals surface area contributed by atoms with Crippen LogP contribution in [-0.2, 0) is 0 Å². The molecule has 1 aromatic rings. The fraction of sp³-hybridized carbons (Fsp3) is 0.545. The number of rotatable bonds is 5. The molecule has 3 nitrogen and oxygen atoms in total. The molecule has 1 aromatic heterocycles. The van der Waals surface area contributed by atoms with Crippen molar-refractivity contribution in [2.75, 3.05) is 20.2 Å². The predicted octanol–water partition coefficient (Wildman–Crippen LogP) is 2.32. The number of hydrogen-bond acceptors (Lipinski definition) is 3. The fourth-order valence-electron chi connectivity index (χ4n) is 1.48. The van der Waals surface area contributed by atoms with Crippen LogP contribution in [0.5, 0.6) is 5.75 Å². The highest BCUT2D eigenvalue weighted by molar-refractivity contribution is 9.10. The summed E-state index contributed by atoms with van der Waals surface area (Å²) in [5.74, 6) is 0.827. The van der Waals surface area contributed by atoms with Crippen LogP contribution in [0.2, 0.25) is 0 Å². The molecule has 1 aliphatic carbocycles. The summed E-state index contributed by atoms with van der Waals surface area (Å²) in [6.45, 7) is 1.71. The molecule has 0 aromatic carbocycles. The zero-order valence-electron chi connectivity index (χ0n) is 8.82. The summed E-state index contributed by atoms with van der Waals surface area (Å²) >= 11 is 3.36. The Morgan fingerprint density at radius 1 is 1.53 bits per heavy atom. The zero-order valence-corrected chi connectivity index (χ0v) is 10.4. The van der Waals surface area contributed by atoms with Crippen LogP contribution in [0.1, 0.15) is 12.8 Å². The molecular weight excluding hydrogens is 256 g/mol. The van der Waals surface area contributed by atoms with E-state index in [1.807, 2.05) is 6.07 Å². The van der Waals surface area contributed by atoms with E-state index in [4.69, 9.17) is 4.74 Å². The lowest BCUT2D eigenvalue weighted by atomic mass is 10.4. The van der Waals surface area contributed by atoms with E-state index < -0.39 is 0 Å². The predicted molar refractivity (Wildman–Crippen MR) is 63.1 cm³/mol. The molecule has 0 bridgehead atoms. The van der Waals surface area contributed by atoms with Crippen molar-refractivity contribution < 1.29 is 4.74 Å². The minimum atomic E-state index is 0.727. The van der Waals surface area contributed by atoms with Crippen LogP contribution in [0.15, 0.2) is 22.9 Å². The number of nitrogens with zero attached hydrogens (tertiary/aromatic N) is 2. The lowest BCUT2D eigenvalue weighted by molar-refractivity contribution is 0.231. The third kappa shape index (κ3) is 3.47. The van der Waals surface area contributed by atoms with E-state index in [1.165, 1.54) is 12.8 Å². The van der Waals surface area contributed by atoms with Gasteiger partial charge in [0.15, 0.2) is 0 Å². The quantitative estimate of drug-likeness (QED) is 0.821. The van der Waals surface area contributed by atoms with Gasteiger partial charge in [-0.3, -0.25) is 4.98 Å². The summed E-state index contributed by atoms with van der Waals surface area (Å²) in [7, 11) is 2.15. The largest absolute Gasteiger partial charge is 0.491 e. The standard InChI is InChI=1S/C11H15BrN2O/c1-14(10-2-3-10)4-5-15-11-6-9(12)7-13-8-11/h6-8,10H,2-5H2,1H3. The topological polar surface area (TPSA) is 25.4 Å². The van der Waals surface area contributed by atoms with Crippen LogP contribution >= 0.6 is 15.9 Å². The number of hydrogen-bond donors (Lipinski definition) is 0. The van der Waals surface area contributed by atoms with E-state index in [9.17, 15) is 0 Å². The fourth-order valence-corrected chi connectivity index (χ4v) is 1.82. The van der Waals surface area contributed by atoms with Gasteiger partial charge in [0, 0.05) is 23.3 Å². The molecule has 1 saturated carbocycles. The molecule has 1 heterocycles. The van der Waals surface area contributed by atoms with Crippen LogP contribution in [0.3, 0.4) is 0 Å². The lowest BCUT2D eigenvalue weighted by Gasteiger charge is -2.15. The Labute approximate surface area is 98.6 Å². The highest BCUT2D eigenvalue weighted by atomic mass is 79.9. The highest BCUT2D eigenvalue weighted by Crippen LogP contribution is 2.24. The molecule has 82 valence electrons. The first kappa shape index (κ1) is 10.9. The second kappa shape index (κ2) is 4.94. The zero-order chi connectivity index (χ0) is 10.7. The van der Waals surface area contributed by atoms with E-state index in [0.717, 1.165) is 29.4 Å². The van der Waals surface area contributed by atoms with Gasteiger partial charge >= 0.3 is 0 Å².